The molecule has 0 aliphatic rings. The molecule has 1 aromatic carbocycles. The number of nitrogens with zero attached hydrogens (tertiary/aromatic N) is 1. The molecule has 0 amide bonds. The minimum Gasteiger partial charge on any atom is -0.312 e. The van der Waals surface area contributed by atoms with Crippen LogP contribution < -0.4 is 4.90 Å². The third-order valence-electron chi connectivity index (χ3n) is 3.16. The first-order valence-corrected chi connectivity index (χ1v) is 8.94. The lowest BCUT2D eigenvalue weighted by molar-refractivity contribution is -0.800. The summed E-state index contributed by atoms with van der Waals surface area (Å²) in [7, 11) is -0.678. The van der Waals surface area contributed by atoms with Gasteiger partial charge in [0.15, 0.2) is 4.91 Å². The Labute approximate surface area is 148 Å². The van der Waals surface area contributed by atoms with Gasteiger partial charge in [0.05, 0.1) is 29.6 Å². The SMILES string of the molecule is C[NH+](C)/C=C(\c1ncc(C(F)(F)F)cc1Cl)S(=O)(=O)c1ccccc1. The number of hydrogen-bond donors (Lipinski definition) is 1. The number of pyridine rings is 1. The number of aromatic nitrogens is 1. The minimum absolute atomic E-state index is 0.000245. The normalized spacial score (nSPS) is 13.3. The average Bonchev–Trinajstić information content (AvgIpc) is 2.52. The van der Waals surface area contributed by atoms with Crippen LogP contribution in [0, 0.1) is 0 Å². The summed E-state index contributed by atoms with van der Waals surface area (Å²) in [6.07, 6.45) is -2.71. The lowest BCUT2D eigenvalue weighted by Gasteiger charge is -2.13. The van der Waals surface area contributed by atoms with Crippen molar-refractivity contribution < 1.29 is 26.5 Å². The van der Waals surface area contributed by atoms with E-state index in [9.17, 15) is 21.6 Å². The molecule has 0 bridgehead atoms. The number of rotatable bonds is 4. The Bertz CT molecular complexity index is 895. The number of hydrogen-bond acceptors (Lipinski definition) is 3. The molecule has 0 aliphatic heterocycles. The van der Waals surface area contributed by atoms with Crippen LogP contribution in [0.2, 0.25) is 5.02 Å². The number of nitrogens with one attached hydrogen (secondary N) is 1. The first-order valence-electron chi connectivity index (χ1n) is 7.08. The van der Waals surface area contributed by atoms with E-state index in [1.54, 1.807) is 32.3 Å². The molecule has 4 nitrogen and oxygen atoms in total. The smallest absolute Gasteiger partial charge is 0.312 e. The molecular weight excluding hydrogens is 377 g/mol. The van der Waals surface area contributed by atoms with E-state index in [2.05, 4.69) is 4.98 Å². The topological polar surface area (TPSA) is 51.5 Å². The van der Waals surface area contributed by atoms with E-state index < -0.39 is 21.6 Å². The zero-order chi connectivity index (χ0) is 18.8. The molecule has 1 N–H and O–H groups in total. The van der Waals surface area contributed by atoms with Crippen LogP contribution in [-0.2, 0) is 16.0 Å². The molecule has 0 fully saturated rings. The van der Waals surface area contributed by atoms with Crippen LogP contribution in [0.3, 0.4) is 0 Å². The highest BCUT2D eigenvalue weighted by molar-refractivity contribution is 8.00. The Morgan fingerprint density at radius 1 is 1.20 bits per heavy atom. The van der Waals surface area contributed by atoms with E-state index in [0.29, 0.717) is 17.2 Å². The van der Waals surface area contributed by atoms with E-state index in [4.69, 9.17) is 11.6 Å². The largest absolute Gasteiger partial charge is 0.417 e. The molecule has 0 saturated heterocycles. The van der Waals surface area contributed by atoms with E-state index in [1.807, 2.05) is 0 Å². The van der Waals surface area contributed by atoms with Crippen molar-refractivity contribution in [1.82, 2.24) is 4.98 Å². The molecule has 0 spiro atoms. The first-order chi connectivity index (χ1) is 11.5. The van der Waals surface area contributed by atoms with Crippen LogP contribution in [0.1, 0.15) is 11.3 Å². The van der Waals surface area contributed by atoms with Crippen molar-refractivity contribution in [3.63, 3.8) is 0 Å². The van der Waals surface area contributed by atoms with Crippen LogP contribution >= 0.6 is 11.6 Å². The van der Waals surface area contributed by atoms with Crippen LogP contribution in [0.15, 0.2) is 53.7 Å². The van der Waals surface area contributed by atoms with E-state index in [1.165, 1.54) is 18.3 Å². The van der Waals surface area contributed by atoms with E-state index >= 15 is 0 Å². The van der Waals surface area contributed by atoms with Crippen molar-refractivity contribution in [2.75, 3.05) is 14.1 Å². The highest BCUT2D eigenvalue weighted by Crippen LogP contribution is 2.35. The Balaban J connectivity index is 2.65. The Morgan fingerprint density at radius 3 is 2.28 bits per heavy atom. The summed E-state index contributed by atoms with van der Waals surface area (Å²) >= 11 is 5.93. The Morgan fingerprint density at radius 2 is 1.80 bits per heavy atom. The second-order valence-electron chi connectivity index (χ2n) is 5.45. The summed E-state index contributed by atoms with van der Waals surface area (Å²) in [5, 5.41) is -0.387. The molecule has 9 heteroatoms. The van der Waals surface area contributed by atoms with Crippen molar-refractivity contribution in [3.05, 3.63) is 65.1 Å². The molecule has 0 radical (unpaired) electrons. The fourth-order valence-corrected chi connectivity index (χ4v) is 3.94. The molecule has 2 rings (SSSR count). The van der Waals surface area contributed by atoms with Gasteiger partial charge in [0.2, 0.25) is 9.84 Å². The molecular formula is C16H15ClF3N2O2S+. The average molecular weight is 392 g/mol. The van der Waals surface area contributed by atoms with Crippen molar-refractivity contribution in [2.45, 2.75) is 11.1 Å². The van der Waals surface area contributed by atoms with Crippen molar-refractivity contribution in [1.29, 1.82) is 0 Å². The summed E-state index contributed by atoms with van der Waals surface area (Å²) in [6.45, 7) is 0. The van der Waals surface area contributed by atoms with Gasteiger partial charge in [0.1, 0.15) is 11.9 Å². The first kappa shape index (κ1) is 19.4. The monoisotopic (exact) mass is 391 g/mol. The summed E-state index contributed by atoms with van der Waals surface area (Å²) in [5.74, 6) is 0. The van der Waals surface area contributed by atoms with Gasteiger partial charge in [0, 0.05) is 6.20 Å². The highest BCUT2D eigenvalue weighted by Gasteiger charge is 2.33. The molecule has 1 heterocycles. The number of sulfone groups is 1. The molecule has 25 heavy (non-hydrogen) atoms. The van der Waals surface area contributed by atoms with Crippen molar-refractivity contribution >= 4 is 26.3 Å². The van der Waals surface area contributed by atoms with Gasteiger partial charge in [-0.1, -0.05) is 29.8 Å². The number of benzene rings is 1. The molecule has 0 unspecified atom stereocenters. The van der Waals surface area contributed by atoms with Crippen molar-refractivity contribution in [2.24, 2.45) is 0 Å². The maximum atomic E-state index is 12.9. The second kappa shape index (κ2) is 7.15. The van der Waals surface area contributed by atoms with Gasteiger partial charge in [-0.2, -0.15) is 13.2 Å². The van der Waals surface area contributed by atoms with E-state index in [-0.39, 0.29) is 20.5 Å². The third kappa shape index (κ3) is 4.39. The molecule has 0 atom stereocenters. The molecule has 1 aromatic heterocycles. The standard InChI is InChI=1S/C16H14ClF3N2O2S/c1-22(2)10-14(25(23,24)12-6-4-3-5-7-12)15-13(17)8-11(9-21-15)16(18,19)20/h3-10H,1-2H3/p+1/b14-10+. The quantitative estimate of drug-likeness (QED) is 0.871. The lowest BCUT2D eigenvalue weighted by Crippen LogP contribution is -3.00. The van der Waals surface area contributed by atoms with Crippen molar-refractivity contribution in [3.8, 4) is 0 Å². The molecule has 0 saturated carbocycles. The summed E-state index contributed by atoms with van der Waals surface area (Å²) in [4.78, 5) is 4.06. The molecule has 134 valence electrons. The minimum atomic E-state index is -4.62. The third-order valence-corrected chi connectivity index (χ3v) is 5.24. The van der Waals surface area contributed by atoms with Crippen LogP contribution in [0.25, 0.3) is 4.91 Å². The van der Waals surface area contributed by atoms with Gasteiger partial charge in [-0.05, 0) is 18.2 Å². The summed E-state index contributed by atoms with van der Waals surface area (Å²) < 4.78 is 64.1. The lowest BCUT2D eigenvalue weighted by atomic mass is 10.2. The number of halogens is 4. The van der Waals surface area contributed by atoms with Crippen LogP contribution in [0.4, 0.5) is 13.2 Å². The number of alkyl halides is 3. The van der Waals surface area contributed by atoms with Gasteiger partial charge in [-0.3, -0.25) is 4.98 Å². The fourth-order valence-electron chi connectivity index (χ4n) is 2.04. The van der Waals surface area contributed by atoms with Gasteiger partial charge in [-0.25, -0.2) is 8.42 Å². The molecule has 0 aliphatic carbocycles. The highest BCUT2D eigenvalue weighted by atomic mass is 35.5. The Hall–Kier alpha value is -1.90. The van der Waals surface area contributed by atoms with Gasteiger partial charge in [0.25, 0.3) is 0 Å². The maximum absolute atomic E-state index is 12.9. The zero-order valence-corrected chi connectivity index (χ0v) is 14.9. The fraction of sp³-hybridized carbons (Fsp3) is 0.188. The Kier molecular flexibility index (Phi) is 5.55. The predicted octanol–water partition coefficient (Wildman–Crippen LogP) is 2.67. The maximum Gasteiger partial charge on any atom is 0.417 e. The van der Waals surface area contributed by atoms with Gasteiger partial charge in [-0.15, -0.1) is 0 Å². The van der Waals surface area contributed by atoms with Crippen LogP contribution in [-0.4, -0.2) is 27.5 Å². The summed E-state index contributed by atoms with van der Waals surface area (Å²) in [5.41, 5.74) is -1.27. The van der Waals surface area contributed by atoms with Gasteiger partial charge < -0.3 is 4.90 Å². The van der Waals surface area contributed by atoms with Gasteiger partial charge >= 0.3 is 6.18 Å². The predicted molar refractivity (Wildman–Crippen MR) is 88.7 cm³/mol. The second-order valence-corrected chi connectivity index (χ2v) is 7.78. The van der Waals surface area contributed by atoms with Crippen LogP contribution in [0.5, 0.6) is 0 Å². The zero-order valence-electron chi connectivity index (χ0n) is 13.3. The van der Waals surface area contributed by atoms with E-state index in [0.717, 1.165) is 0 Å². The summed E-state index contributed by atoms with van der Waals surface area (Å²) in [6, 6.07) is 8.22. The number of quaternary nitrogens is 1. The molecule has 2 aromatic rings.